The number of carbonyl (C=O) groups is 1. The van der Waals surface area contributed by atoms with Gasteiger partial charge in [0.2, 0.25) is 0 Å². The van der Waals surface area contributed by atoms with E-state index in [1.165, 1.54) is 11.8 Å². The first kappa shape index (κ1) is 21.8. The zero-order valence-corrected chi connectivity index (χ0v) is 18.1. The highest BCUT2D eigenvalue weighted by atomic mass is 35.5. The Labute approximate surface area is 168 Å². The molecule has 0 N–H and O–H groups in total. The molecule has 0 aliphatic carbocycles. The minimum Gasteiger partial charge on any atom is -0.466 e. The third-order valence-electron chi connectivity index (χ3n) is 4.68. The Morgan fingerprint density at radius 1 is 1.19 bits per heavy atom. The van der Waals surface area contributed by atoms with Gasteiger partial charge in [0, 0.05) is 11.4 Å². The predicted molar refractivity (Wildman–Crippen MR) is 104 cm³/mol. The van der Waals surface area contributed by atoms with Gasteiger partial charge >= 0.3 is 13.1 Å². The molecular weight excluding hydrogens is 398 g/mol. The lowest BCUT2D eigenvalue weighted by Crippen LogP contribution is -2.41. The summed E-state index contributed by atoms with van der Waals surface area (Å²) >= 11 is 14.1. The van der Waals surface area contributed by atoms with Crippen molar-refractivity contribution in [2.45, 2.75) is 63.2 Å². The van der Waals surface area contributed by atoms with E-state index in [0.717, 1.165) is 0 Å². The summed E-state index contributed by atoms with van der Waals surface area (Å²) < 4.78 is 17.3. The molecule has 1 unspecified atom stereocenters. The van der Waals surface area contributed by atoms with E-state index in [1.54, 1.807) is 6.92 Å². The molecule has 0 bridgehead atoms. The highest BCUT2D eigenvalue weighted by Gasteiger charge is 2.55. The van der Waals surface area contributed by atoms with Gasteiger partial charge in [0.25, 0.3) is 0 Å². The molecule has 2 rings (SSSR count). The number of hydrogen-bond donors (Lipinski definition) is 0. The zero-order valence-electron chi connectivity index (χ0n) is 15.8. The Kier molecular flexibility index (Phi) is 6.89. The van der Waals surface area contributed by atoms with Gasteiger partial charge < -0.3 is 14.0 Å². The Bertz CT molecular complexity index is 651. The lowest BCUT2D eigenvalue weighted by atomic mass is 9.66. The first-order chi connectivity index (χ1) is 12.0. The van der Waals surface area contributed by atoms with Crippen LogP contribution in [-0.4, -0.2) is 47.1 Å². The molecule has 144 valence electrons. The second-order valence-electron chi connectivity index (χ2n) is 6.95. The fraction of sp³-hybridized carbons (Fsp3) is 0.688. The summed E-state index contributed by atoms with van der Waals surface area (Å²) in [6.07, 6.45) is 1.82. The second kappa shape index (κ2) is 8.23. The summed E-state index contributed by atoms with van der Waals surface area (Å²) in [5.41, 5.74) is -0.703. The first-order valence-corrected chi connectivity index (χ1v) is 10.3. The van der Waals surface area contributed by atoms with Crippen molar-refractivity contribution >= 4 is 48.1 Å². The van der Waals surface area contributed by atoms with E-state index in [9.17, 15) is 4.79 Å². The lowest BCUT2D eigenvalue weighted by molar-refractivity contribution is -0.143. The SMILES string of the molecule is CCOC(=O)CC(B1OC(C)(C)C(C)(C)O1)c1c(Cl)nc(SC)nc1Cl. The topological polar surface area (TPSA) is 70.5 Å². The Hall–Kier alpha value is -0.535. The summed E-state index contributed by atoms with van der Waals surface area (Å²) in [6.45, 7) is 9.77. The monoisotopic (exact) mass is 420 g/mol. The molecule has 1 aliphatic heterocycles. The van der Waals surface area contributed by atoms with Gasteiger partial charge in [0.15, 0.2) is 5.16 Å². The molecule has 1 aromatic heterocycles. The molecule has 2 heterocycles. The van der Waals surface area contributed by atoms with Crippen LogP contribution in [0.1, 0.15) is 52.4 Å². The maximum Gasteiger partial charge on any atom is 0.466 e. The fourth-order valence-electron chi connectivity index (χ4n) is 2.58. The lowest BCUT2D eigenvalue weighted by Gasteiger charge is -2.32. The minimum absolute atomic E-state index is 0.00786. The molecule has 0 aromatic carbocycles. The number of thioether (sulfide) groups is 1. The number of ether oxygens (including phenoxy) is 1. The predicted octanol–water partition coefficient (Wildman–Crippen LogP) is 4.17. The van der Waals surface area contributed by atoms with E-state index in [-0.39, 0.29) is 23.3 Å². The zero-order chi connectivity index (χ0) is 19.7. The van der Waals surface area contributed by atoms with Crippen molar-refractivity contribution in [1.29, 1.82) is 0 Å². The molecule has 1 aliphatic rings. The number of esters is 1. The summed E-state index contributed by atoms with van der Waals surface area (Å²) in [4.78, 5) is 20.7. The Morgan fingerprint density at radius 3 is 2.12 bits per heavy atom. The van der Waals surface area contributed by atoms with Gasteiger partial charge in [-0.15, -0.1) is 0 Å². The van der Waals surface area contributed by atoms with Gasteiger partial charge in [-0.05, 0) is 40.9 Å². The molecule has 1 fully saturated rings. The van der Waals surface area contributed by atoms with Crippen LogP contribution in [0.25, 0.3) is 0 Å². The molecule has 10 heteroatoms. The number of hydrogen-bond acceptors (Lipinski definition) is 7. The van der Waals surface area contributed by atoms with Crippen molar-refractivity contribution in [2.24, 2.45) is 0 Å². The van der Waals surface area contributed by atoms with Crippen molar-refractivity contribution in [1.82, 2.24) is 9.97 Å². The van der Waals surface area contributed by atoms with Crippen LogP contribution in [0.5, 0.6) is 0 Å². The smallest absolute Gasteiger partial charge is 0.466 e. The molecule has 0 radical (unpaired) electrons. The van der Waals surface area contributed by atoms with Gasteiger partial charge in [-0.2, -0.15) is 0 Å². The molecule has 0 spiro atoms. The number of nitrogens with zero attached hydrogens (tertiary/aromatic N) is 2. The maximum absolute atomic E-state index is 12.2. The summed E-state index contributed by atoms with van der Waals surface area (Å²) in [6, 6.07) is 0. The molecule has 6 nitrogen and oxygen atoms in total. The van der Waals surface area contributed by atoms with Crippen LogP contribution in [0.3, 0.4) is 0 Å². The number of rotatable bonds is 6. The maximum atomic E-state index is 12.2. The van der Waals surface area contributed by atoms with Gasteiger partial charge in [-0.1, -0.05) is 35.0 Å². The van der Waals surface area contributed by atoms with E-state index >= 15 is 0 Å². The molecule has 1 aromatic rings. The van der Waals surface area contributed by atoms with E-state index in [0.29, 0.717) is 10.7 Å². The number of aromatic nitrogens is 2. The molecule has 0 saturated carbocycles. The average molecular weight is 421 g/mol. The molecule has 26 heavy (non-hydrogen) atoms. The first-order valence-electron chi connectivity index (χ1n) is 8.30. The standard InChI is InChI=1S/C16H23BCl2N2O4S/c1-7-23-10(22)8-9(17-24-15(2,3)16(4,5)25-17)11-12(18)20-14(26-6)21-13(11)19/h9H,7-8H2,1-6H3. The third-order valence-corrected chi connectivity index (χ3v) is 5.80. The van der Waals surface area contributed by atoms with E-state index in [2.05, 4.69) is 9.97 Å². The van der Waals surface area contributed by atoms with Crippen molar-refractivity contribution in [3.8, 4) is 0 Å². The summed E-state index contributed by atoms with van der Waals surface area (Å²) in [5.74, 6) is -0.987. The quantitative estimate of drug-likeness (QED) is 0.225. The van der Waals surface area contributed by atoms with E-state index in [4.69, 9.17) is 37.2 Å². The van der Waals surface area contributed by atoms with Crippen molar-refractivity contribution in [3.63, 3.8) is 0 Å². The molecule has 1 atom stereocenters. The minimum atomic E-state index is -0.733. The van der Waals surface area contributed by atoms with Gasteiger partial charge in [0.05, 0.1) is 24.2 Å². The van der Waals surface area contributed by atoms with Crippen LogP contribution in [0, 0.1) is 0 Å². The summed E-state index contributed by atoms with van der Waals surface area (Å²) in [7, 11) is -0.733. The Balaban J connectivity index is 2.45. The third kappa shape index (κ3) is 4.47. The molecule has 0 amide bonds. The van der Waals surface area contributed by atoms with Gasteiger partial charge in [0.1, 0.15) is 10.3 Å². The van der Waals surface area contributed by atoms with E-state index < -0.39 is 30.1 Å². The summed E-state index contributed by atoms with van der Waals surface area (Å²) in [5, 5.41) is 0.810. The van der Waals surface area contributed by atoms with Crippen LogP contribution < -0.4 is 0 Å². The van der Waals surface area contributed by atoms with Gasteiger partial charge in [-0.25, -0.2) is 9.97 Å². The van der Waals surface area contributed by atoms with Crippen LogP contribution >= 0.6 is 35.0 Å². The number of carbonyl (C=O) groups excluding carboxylic acids is 1. The highest BCUT2D eigenvalue weighted by molar-refractivity contribution is 7.98. The fourth-order valence-corrected chi connectivity index (χ4v) is 3.72. The van der Waals surface area contributed by atoms with E-state index in [1.807, 2.05) is 34.0 Å². The normalized spacial score (nSPS) is 19.5. The van der Waals surface area contributed by atoms with Crippen LogP contribution in [0.2, 0.25) is 10.3 Å². The second-order valence-corrected chi connectivity index (χ2v) is 8.44. The largest absolute Gasteiger partial charge is 0.466 e. The van der Waals surface area contributed by atoms with Crippen LogP contribution in [0.15, 0.2) is 5.16 Å². The van der Waals surface area contributed by atoms with Crippen molar-refractivity contribution in [2.75, 3.05) is 12.9 Å². The average Bonchev–Trinajstić information content (AvgIpc) is 2.73. The van der Waals surface area contributed by atoms with Crippen LogP contribution in [-0.2, 0) is 18.8 Å². The number of halogens is 2. The van der Waals surface area contributed by atoms with Crippen molar-refractivity contribution in [3.05, 3.63) is 15.9 Å². The van der Waals surface area contributed by atoms with Crippen LogP contribution in [0.4, 0.5) is 0 Å². The molecular formula is C16H23BCl2N2O4S. The van der Waals surface area contributed by atoms with Gasteiger partial charge in [-0.3, -0.25) is 4.79 Å². The highest BCUT2D eigenvalue weighted by Crippen LogP contribution is 2.44. The molecule has 1 saturated heterocycles. The van der Waals surface area contributed by atoms with Crippen molar-refractivity contribution < 1.29 is 18.8 Å². The Morgan fingerprint density at radius 2 is 1.69 bits per heavy atom.